The van der Waals surface area contributed by atoms with E-state index in [9.17, 15) is 14.7 Å². The number of ether oxygens (including phenoxy) is 1. The van der Waals surface area contributed by atoms with E-state index < -0.39 is 12.0 Å². The maximum atomic E-state index is 12.4. The minimum absolute atomic E-state index is 0.00276. The fourth-order valence-corrected chi connectivity index (χ4v) is 3.27. The van der Waals surface area contributed by atoms with Crippen molar-refractivity contribution in [1.82, 2.24) is 20.2 Å². The second-order valence-electron chi connectivity index (χ2n) is 7.75. The van der Waals surface area contributed by atoms with Crippen molar-refractivity contribution in [2.75, 3.05) is 16.0 Å². The number of hydrogen-bond acceptors (Lipinski definition) is 7. The maximum Gasteiger partial charge on any atom is 0.337 e. The van der Waals surface area contributed by atoms with Gasteiger partial charge in [0.15, 0.2) is 5.82 Å². The third kappa shape index (κ3) is 5.90. The molecule has 5 N–H and O–H groups in total. The fraction of sp³-hybridized carbons (Fsp3) is 0.125. The number of urea groups is 1. The van der Waals surface area contributed by atoms with Crippen molar-refractivity contribution in [3.05, 3.63) is 77.1 Å². The van der Waals surface area contributed by atoms with Gasteiger partial charge in [-0.05, 0) is 56.7 Å². The normalized spacial score (nSPS) is 10.5. The smallest absolute Gasteiger partial charge is 0.337 e. The van der Waals surface area contributed by atoms with Crippen molar-refractivity contribution in [2.45, 2.75) is 20.8 Å². The Morgan fingerprint density at radius 3 is 2.46 bits per heavy atom. The number of H-pyrrole nitrogens is 1. The lowest BCUT2D eigenvalue weighted by atomic mass is 10.2. The number of amides is 2. The van der Waals surface area contributed by atoms with E-state index in [1.54, 1.807) is 36.4 Å². The number of carboxylic acids is 1. The average molecular weight is 473 g/mol. The van der Waals surface area contributed by atoms with Gasteiger partial charge in [0.25, 0.3) is 0 Å². The molecule has 178 valence electrons. The Balaban J connectivity index is 1.44. The van der Waals surface area contributed by atoms with E-state index >= 15 is 0 Å². The van der Waals surface area contributed by atoms with Crippen molar-refractivity contribution in [1.29, 1.82) is 0 Å². The van der Waals surface area contributed by atoms with Crippen LogP contribution in [-0.2, 0) is 0 Å². The number of carbonyl (C=O) groups excluding carboxylic acids is 1. The molecule has 0 aliphatic heterocycles. The van der Waals surface area contributed by atoms with Crippen LogP contribution in [0.5, 0.6) is 11.8 Å². The SMILES string of the molecule is Cc1cc(Nc2cc(C)[nH]n2)nc(Oc2ccc(NC(=O)Nc3ccccc3C(=O)O)cc2C)n1. The number of benzene rings is 2. The Kier molecular flexibility index (Phi) is 6.58. The Labute approximate surface area is 200 Å². The van der Waals surface area contributed by atoms with E-state index in [4.69, 9.17) is 4.74 Å². The summed E-state index contributed by atoms with van der Waals surface area (Å²) >= 11 is 0. The van der Waals surface area contributed by atoms with E-state index in [-0.39, 0.29) is 17.3 Å². The minimum atomic E-state index is -1.13. The number of nitrogens with zero attached hydrogens (tertiary/aromatic N) is 3. The number of carbonyl (C=O) groups is 2. The first-order valence-electron chi connectivity index (χ1n) is 10.6. The van der Waals surface area contributed by atoms with Crippen molar-refractivity contribution in [3.63, 3.8) is 0 Å². The molecule has 0 spiro atoms. The third-order valence-electron chi connectivity index (χ3n) is 4.84. The summed E-state index contributed by atoms with van der Waals surface area (Å²) in [7, 11) is 0. The monoisotopic (exact) mass is 473 g/mol. The highest BCUT2D eigenvalue weighted by Crippen LogP contribution is 2.27. The molecule has 2 amide bonds. The highest BCUT2D eigenvalue weighted by molar-refractivity contribution is 6.04. The van der Waals surface area contributed by atoms with E-state index in [1.807, 2.05) is 26.8 Å². The van der Waals surface area contributed by atoms with Gasteiger partial charge in [-0.25, -0.2) is 14.6 Å². The number of aromatic nitrogens is 4. The molecular weight excluding hydrogens is 450 g/mol. The lowest BCUT2D eigenvalue weighted by molar-refractivity contribution is 0.0698. The summed E-state index contributed by atoms with van der Waals surface area (Å²) in [5, 5.41) is 24.6. The lowest BCUT2D eigenvalue weighted by Crippen LogP contribution is -2.21. The molecule has 0 aliphatic rings. The number of aryl methyl sites for hydroxylation is 3. The molecule has 0 bridgehead atoms. The van der Waals surface area contributed by atoms with Crippen molar-refractivity contribution >= 4 is 35.0 Å². The van der Waals surface area contributed by atoms with Gasteiger partial charge < -0.3 is 25.8 Å². The summed E-state index contributed by atoms with van der Waals surface area (Å²) in [6.07, 6.45) is 0. The van der Waals surface area contributed by atoms with Gasteiger partial charge in [-0.15, -0.1) is 0 Å². The zero-order chi connectivity index (χ0) is 24.9. The van der Waals surface area contributed by atoms with Crippen LogP contribution in [0.3, 0.4) is 0 Å². The number of nitrogens with one attached hydrogen (secondary N) is 4. The first-order chi connectivity index (χ1) is 16.8. The number of para-hydroxylation sites is 1. The second kappa shape index (κ2) is 9.91. The summed E-state index contributed by atoms with van der Waals surface area (Å²) in [4.78, 5) is 32.4. The standard InChI is InChI=1S/C24H23N7O4/c1-13-10-16(26-23(34)27-18-7-5-4-6-17(18)22(32)33)8-9-19(13)35-24-25-14(2)11-20(29-24)28-21-12-15(3)30-31-21/h4-12H,1-3H3,(H,32,33)(H2,26,27,34)(H2,25,28,29,30,31). The van der Waals surface area contributed by atoms with Crippen LogP contribution in [0.25, 0.3) is 0 Å². The Bertz CT molecular complexity index is 1400. The van der Waals surface area contributed by atoms with Crippen LogP contribution >= 0.6 is 0 Å². The van der Waals surface area contributed by atoms with Crippen LogP contribution in [-0.4, -0.2) is 37.3 Å². The van der Waals surface area contributed by atoms with Gasteiger partial charge in [-0.2, -0.15) is 10.1 Å². The number of hydrogen-bond donors (Lipinski definition) is 5. The molecule has 0 radical (unpaired) electrons. The molecule has 11 heteroatoms. The molecule has 2 heterocycles. The molecule has 0 unspecified atom stereocenters. The van der Waals surface area contributed by atoms with Crippen molar-refractivity contribution in [3.8, 4) is 11.8 Å². The first-order valence-corrected chi connectivity index (χ1v) is 10.6. The molecule has 0 saturated carbocycles. The van der Waals surface area contributed by atoms with Crippen LogP contribution in [0, 0.1) is 20.8 Å². The Hall–Kier alpha value is -4.93. The second-order valence-corrected chi connectivity index (χ2v) is 7.75. The molecule has 0 fully saturated rings. The van der Waals surface area contributed by atoms with Gasteiger partial charge in [0.2, 0.25) is 0 Å². The summed E-state index contributed by atoms with van der Waals surface area (Å²) in [6, 6.07) is 14.4. The van der Waals surface area contributed by atoms with Crippen LogP contribution < -0.4 is 20.7 Å². The largest absolute Gasteiger partial charge is 0.478 e. The Morgan fingerprint density at radius 1 is 0.943 bits per heavy atom. The summed E-state index contributed by atoms with van der Waals surface area (Å²) in [6.45, 7) is 5.55. The van der Waals surface area contributed by atoms with Crippen LogP contribution in [0.4, 0.5) is 27.8 Å². The van der Waals surface area contributed by atoms with Gasteiger partial charge in [-0.1, -0.05) is 12.1 Å². The summed E-state index contributed by atoms with van der Waals surface area (Å²) in [5.74, 6) is 0.546. The lowest BCUT2D eigenvalue weighted by Gasteiger charge is -2.12. The topological polar surface area (TPSA) is 154 Å². The number of aromatic amines is 1. The van der Waals surface area contributed by atoms with Gasteiger partial charge in [0, 0.05) is 29.2 Å². The number of carboxylic acid groups (broad SMARTS) is 1. The number of aromatic carboxylic acids is 1. The molecule has 0 atom stereocenters. The predicted molar refractivity (Wildman–Crippen MR) is 131 cm³/mol. The molecule has 4 rings (SSSR count). The molecule has 2 aromatic heterocycles. The molecule has 11 nitrogen and oxygen atoms in total. The summed E-state index contributed by atoms with van der Waals surface area (Å²) < 4.78 is 5.89. The van der Waals surface area contributed by atoms with Crippen LogP contribution in [0.1, 0.15) is 27.3 Å². The van der Waals surface area contributed by atoms with Gasteiger partial charge in [-0.3, -0.25) is 5.10 Å². The highest BCUT2D eigenvalue weighted by atomic mass is 16.5. The maximum absolute atomic E-state index is 12.4. The minimum Gasteiger partial charge on any atom is -0.478 e. The van der Waals surface area contributed by atoms with E-state index in [1.165, 1.54) is 12.1 Å². The zero-order valence-corrected chi connectivity index (χ0v) is 19.2. The molecular formula is C24H23N7O4. The van der Waals surface area contributed by atoms with E-state index in [0.29, 0.717) is 28.8 Å². The highest BCUT2D eigenvalue weighted by Gasteiger charge is 2.13. The van der Waals surface area contributed by atoms with Crippen molar-refractivity contribution in [2.24, 2.45) is 0 Å². The molecule has 0 aliphatic carbocycles. The molecule has 0 saturated heterocycles. The molecule has 35 heavy (non-hydrogen) atoms. The van der Waals surface area contributed by atoms with Gasteiger partial charge in [0.05, 0.1) is 11.3 Å². The van der Waals surface area contributed by atoms with E-state index in [0.717, 1.165) is 11.3 Å². The fourth-order valence-electron chi connectivity index (χ4n) is 3.27. The van der Waals surface area contributed by atoms with Gasteiger partial charge >= 0.3 is 18.0 Å². The number of rotatable bonds is 7. The molecule has 4 aromatic rings. The van der Waals surface area contributed by atoms with Crippen LogP contribution in [0.2, 0.25) is 0 Å². The third-order valence-corrected chi connectivity index (χ3v) is 4.84. The van der Waals surface area contributed by atoms with Crippen LogP contribution in [0.15, 0.2) is 54.6 Å². The van der Waals surface area contributed by atoms with E-state index in [2.05, 4.69) is 36.1 Å². The zero-order valence-electron chi connectivity index (χ0n) is 19.2. The van der Waals surface area contributed by atoms with Gasteiger partial charge in [0.1, 0.15) is 11.6 Å². The average Bonchev–Trinajstić information content (AvgIpc) is 3.20. The number of anilines is 4. The Morgan fingerprint density at radius 2 is 1.74 bits per heavy atom. The van der Waals surface area contributed by atoms with Crippen molar-refractivity contribution < 1.29 is 19.4 Å². The quantitative estimate of drug-likeness (QED) is 0.251. The first kappa shape index (κ1) is 23.2. The summed E-state index contributed by atoms with van der Waals surface area (Å²) in [5.41, 5.74) is 3.05. The molecule has 2 aromatic carbocycles. The predicted octanol–water partition coefficient (Wildman–Crippen LogP) is 5.00.